The van der Waals surface area contributed by atoms with Crippen molar-refractivity contribution in [3.05, 3.63) is 75.7 Å². The van der Waals surface area contributed by atoms with Crippen molar-refractivity contribution in [2.24, 2.45) is 0 Å². The summed E-state index contributed by atoms with van der Waals surface area (Å²) in [6.07, 6.45) is 0. The molecule has 0 radical (unpaired) electrons. The second-order valence-electron chi connectivity index (χ2n) is 4.69. The first kappa shape index (κ1) is 13.5. The van der Waals surface area contributed by atoms with Gasteiger partial charge in [0.05, 0.1) is 0 Å². The van der Waals surface area contributed by atoms with Crippen molar-refractivity contribution in [1.29, 1.82) is 0 Å². The second kappa shape index (κ2) is 5.86. The molecule has 0 fully saturated rings. The number of anilines is 1. The van der Waals surface area contributed by atoms with Gasteiger partial charge >= 0.3 is 0 Å². The first-order valence-electron chi connectivity index (χ1n) is 6.38. The highest BCUT2D eigenvalue weighted by atomic mass is 79.9. The van der Waals surface area contributed by atoms with Crippen LogP contribution in [-0.2, 0) is 6.54 Å². The van der Waals surface area contributed by atoms with Crippen LogP contribution in [0.4, 0.5) is 5.69 Å². The fourth-order valence-electron chi connectivity index (χ4n) is 2.13. The zero-order valence-corrected chi connectivity index (χ0v) is 13.1. The molecular weight excluding hydrogens is 334 g/mol. The highest BCUT2D eigenvalue weighted by molar-refractivity contribution is 9.10. The minimum Gasteiger partial charge on any atom is -0.381 e. The van der Waals surface area contributed by atoms with E-state index in [2.05, 4.69) is 57.6 Å². The molecule has 0 aliphatic carbocycles. The fourth-order valence-corrected chi connectivity index (χ4v) is 2.64. The lowest BCUT2D eigenvalue weighted by molar-refractivity contribution is 1.15. The van der Waals surface area contributed by atoms with Gasteiger partial charge in [0.1, 0.15) is 0 Å². The molecule has 100 valence electrons. The van der Waals surface area contributed by atoms with Crippen LogP contribution in [0.1, 0.15) is 5.56 Å². The normalized spacial score (nSPS) is 10.7. The monoisotopic (exact) mass is 345 g/mol. The minimum absolute atomic E-state index is 0.769. The van der Waals surface area contributed by atoms with Crippen LogP contribution in [-0.4, -0.2) is 0 Å². The van der Waals surface area contributed by atoms with E-state index in [1.54, 1.807) is 0 Å². The molecule has 0 bridgehead atoms. The SMILES string of the molecule is Clc1ccc(CNc2ccc3cc(Br)ccc3c2)cc1. The van der Waals surface area contributed by atoms with Crippen LogP contribution in [0, 0.1) is 0 Å². The van der Waals surface area contributed by atoms with Gasteiger partial charge in [0, 0.05) is 21.7 Å². The Labute approximate surface area is 131 Å². The van der Waals surface area contributed by atoms with Gasteiger partial charge in [-0.05, 0) is 52.7 Å². The zero-order valence-electron chi connectivity index (χ0n) is 10.7. The minimum atomic E-state index is 0.769. The molecule has 3 aromatic carbocycles. The number of rotatable bonds is 3. The molecule has 0 aliphatic heterocycles. The standard InChI is InChI=1S/C17H13BrClN/c18-15-5-3-14-10-17(8-4-13(14)9-15)20-11-12-1-6-16(19)7-2-12/h1-10,20H,11H2. The molecule has 1 nitrogen and oxygen atoms in total. The van der Waals surface area contributed by atoms with Gasteiger partial charge in [-0.25, -0.2) is 0 Å². The molecule has 0 unspecified atom stereocenters. The Morgan fingerprint density at radius 1 is 0.850 bits per heavy atom. The van der Waals surface area contributed by atoms with E-state index in [9.17, 15) is 0 Å². The maximum Gasteiger partial charge on any atom is 0.0406 e. The predicted octanol–water partition coefficient (Wildman–Crippen LogP) is 5.87. The van der Waals surface area contributed by atoms with E-state index < -0.39 is 0 Å². The van der Waals surface area contributed by atoms with Crippen molar-refractivity contribution in [2.45, 2.75) is 6.54 Å². The van der Waals surface area contributed by atoms with Gasteiger partial charge < -0.3 is 5.32 Å². The molecular formula is C17H13BrClN. The van der Waals surface area contributed by atoms with E-state index in [0.717, 1.165) is 21.7 Å². The lowest BCUT2D eigenvalue weighted by Crippen LogP contribution is -1.98. The van der Waals surface area contributed by atoms with E-state index in [1.165, 1.54) is 16.3 Å². The van der Waals surface area contributed by atoms with Crippen LogP contribution >= 0.6 is 27.5 Å². The third kappa shape index (κ3) is 3.14. The average Bonchev–Trinajstić information content (AvgIpc) is 2.46. The summed E-state index contributed by atoms with van der Waals surface area (Å²) in [5.74, 6) is 0. The average molecular weight is 347 g/mol. The predicted molar refractivity (Wildman–Crippen MR) is 90.4 cm³/mol. The molecule has 0 amide bonds. The van der Waals surface area contributed by atoms with Gasteiger partial charge in [-0.2, -0.15) is 0 Å². The molecule has 1 N–H and O–H groups in total. The third-order valence-electron chi connectivity index (χ3n) is 3.21. The molecule has 0 heterocycles. The van der Waals surface area contributed by atoms with E-state index in [0.29, 0.717) is 0 Å². The molecule has 0 aliphatic rings. The summed E-state index contributed by atoms with van der Waals surface area (Å²) in [5, 5.41) is 6.66. The lowest BCUT2D eigenvalue weighted by Gasteiger charge is -2.08. The van der Waals surface area contributed by atoms with Crippen LogP contribution in [0.3, 0.4) is 0 Å². The quantitative estimate of drug-likeness (QED) is 0.625. The second-order valence-corrected chi connectivity index (χ2v) is 6.04. The first-order chi connectivity index (χ1) is 9.70. The molecule has 0 saturated carbocycles. The number of benzene rings is 3. The van der Waals surface area contributed by atoms with Gasteiger partial charge in [0.2, 0.25) is 0 Å². The Kier molecular flexibility index (Phi) is 3.95. The maximum absolute atomic E-state index is 5.88. The van der Waals surface area contributed by atoms with Crippen LogP contribution in [0.25, 0.3) is 10.8 Å². The summed E-state index contributed by atoms with van der Waals surface area (Å²) in [7, 11) is 0. The number of fused-ring (bicyclic) bond motifs is 1. The van der Waals surface area contributed by atoms with Crippen LogP contribution in [0.2, 0.25) is 5.02 Å². The van der Waals surface area contributed by atoms with E-state index in [-0.39, 0.29) is 0 Å². The highest BCUT2D eigenvalue weighted by Gasteiger charge is 1.98. The van der Waals surface area contributed by atoms with Gasteiger partial charge in [-0.1, -0.05) is 51.8 Å². The Morgan fingerprint density at radius 2 is 1.55 bits per heavy atom. The van der Waals surface area contributed by atoms with Crippen molar-refractivity contribution in [3.63, 3.8) is 0 Å². The molecule has 3 aromatic rings. The summed E-state index contributed by atoms with van der Waals surface area (Å²) in [6.45, 7) is 0.791. The van der Waals surface area contributed by atoms with Gasteiger partial charge in [0.15, 0.2) is 0 Å². The molecule has 0 aromatic heterocycles. The van der Waals surface area contributed by atoms with Crippen molar-refractivity contribution in [1.82, 2.24) is 0 Å². The van der Waals surface area contributed by atoms with Crippen molar-refractivity contribution in [3.8, 4) is 0 Å². The summed E-state index contributed by atoms with van der Waals surface area (Å²) in [5.41, 5.74) is 2.33. The third-order valence-corrected chi connectivity index (χ3v) is 3.96. The molecule has 3 heteroatoms. The van der Waals surface area contributed by atoms with E-state index in [4.69, 9.17) is 11.6 Å². The summed E-state index contributed by atoms with van der Waals surface area (Å²) in [4.78, 5) is 0. The Morgan fingerprint density at radius 3 is 2.35 bits per heavy atom. The highest BCUT2D eigenvalue weighted by Crippen LogP contribution is 2.23. The summed E-state index contributed by atoms with van der Waals surface area (Å²) in [6, 6.07) is 20.6. The Hall–Kier alpha value is -1.51. The van der Waals surface area contributed by atoms with E-state index in [1.807, 2.05) is 24.3 Å². The molecule has 0 atom stereocenters. The number of hydrogen-bond donors (Lipinski definition) is 1. The fraction of sp³-hybridized carbons (Fsp3) is 0.0588. The largest absolute Gasteiger partial charge is 0.381 e. The maximum atomic E-state index is 5.88. The zero-order chi connectivity index (χ0) is 13.9. The Bertz CT molecular complexity index is 738. The molecule has 20 heavy (non-hydrogen) atoms. The van der Waals surface area contributed by atoms with Crippen LogP contribution in [0.5, 0.6) is 0 Å². The van der Waals surface area contributed by atoms with Crippen LogP contribution < -0.4 is 5.32 Å². The summed E-state index contributed by atoms with van der Waals surface area (Å²) >= 11 is 9.37. The smallest absolute Gasteiger partial charge is 0.0406 e. The first-order valence-corrected chi connectivity index (χ1v) is 7.55. The van der Waals surface area contributed by atoms with Crippen molar-refractivity contribution < 1.29 is 0 Å². The topological polar surface area (TPSA) is 12.0 Å². The van der Waals surface area contributed by atoms with Crippen molar-refractivity contribution in [2.75, 3.05) is 5.32 Å². The lowest BCUT2D eigenvalue weighted by atomic mass is 10.1. The number of hydrogen-bond acceptors (Lipinski definition) is 1. The van der Waals surface area contributed by atoms with Crippen molar-refractivity contribution >= 4 is 44.0 Å². The van der Waals surface area contributed by atoms with Crippen LogP contribution in [0.15, 0.2) is 65.1 Å². The molecule has 3 rings (SSSR count). The molecule has 0 saturated heterocycles. The van der Waals surface area contributed by atoms with E-state index >= 15 is 0 Å². The Balaban J connectivity index is 1.77. The van der Waals surface area contributed by atoms with Gasteiger partial charge in [-0.15, -0.1) is 0 Å². The molecule has 0 spiro atoms. The number of halogens is 2. The van der Waals surface area contributed by atoms with Gasteiger partial charge in [-0.3, -0.25) is 0 Å². The summed E-state index contributed by atoms with van der Waals surface area (Å²) < 4.78 is 1.10. The van der Waals surface area contributed by atoms with Gasteiger partial charge in [0.25, 0.3) is 0 Å². The number of nitrogens with one attached hydrogen (secondary N) is 1.